The SMILES string of the molecule is CCCP(=O)(O)OC(C)CC. The Kier molecular flexibility index (Phi) is 4.98. The molecule has 0 saturated carbocycles. The molecule has 3 nitrogen and oxygen atoms in total. The normalized spacial score (nSPS) is 19.3. The van der Waals surface area contributed by atoms with Gasteiger partial charge in [-0.3, -0.25) is 4.57 Å². The molecule has 0 aromatic carbocycles. The third-order valence-corrected chi connectivity index (χ3v) is 3.13. The highest BCUT2D eigenvalue weighted by Crippen LogP contribution is 2.43. The van der Waals surface area contributed by atoms with Crippen LogP contribution in [0.15, 0.2) is 0 Å². The third-order valence-electron chi connectivity index (χ3n) is 1.43. The molecule has 0 saturated heterocycles. The fourth-order valence-electron chi connectivity index (χ4n) is 0.691. The largest absolute Gasteiger partial charge is 0.328 e. The van der Waals surface area contributed by atoms with E-state index in [1.54, 1.807) is 6.92 Å². The van der Waals surface area contributed by atoms with E-state index in [4.69, 9.17) is 9.42 Å². The molecule has 0 radical (unpaired) electrons. The summed E-state index contributed by atoms with van der Waals surface area (Å²) in [5.41, 5.74) is 0. The van der Waals surface area contributed by atoms with Crippen molar-refractivity contribution in [3.05, 3.63) is 0 Å². The summed E-state index contributed by atoms with van der Waals surface area (Å²) in [5.74, 6) is 0. The molecule has 0 fully saturated rings. The minimum atomic E-state index is -3.27. The van der Waals surface area contributed by atoms with E-state index in [1.807, 2.05) is 13.8 Å². The lowest BCUT2D eigenvalue weighted by Gasteiger charge is -2.15. The van der Waals surface area contributed by atoms with E-state index in [0.717, 1.165) is 6.42 Å². The van der Waals surface area contributed by atoms with Crippen molar-refractivity contribution < 1.29 is 14.0 Å². The van der Waals surface area contributed by atoms with Gasteiger partial charge in [0.25, 0.3) is 0 Å². The van der Waals surface area contributed by atoms with Gasteiger partial charge in [0.2, 0.25) is 0 Å². The fourth-order valence-corrected chi connectivity index (χ4v) is 2.07. The Morgan fingerprint density at radius 2 is 2.09 bits per heavy atom. The van der Waals surface area contributed by atoms with Gasteiger partial charge in [-0.25, -0.2) is 0 Å². The van der Waals surface area contributed by atoms with Gasteiger partial charge in [0.05, 0.1) is 6.10 Å². The summed E-state index contributed by atoms with van der Waals surface area (Å²) in [5, 5.41) is 0. The summed E-state index contributed by atoms with van der Waals surface area (Å²) < 4.78 is 16.1. The summed E-state index contributed by atoms with van der Waals surface area (Å²) in [6.45, 7) is 5.60. The Bertz CT molecular complexity index is 147. The van der Waals surface area contributed by atoms with Crippen LogP contribution in [0.4, 0.5) is 0 Å². The van der Waals surface area contributed by atoms with Crippen molar-refractivity contribution in [2.75, 3.05) is 6.16 Å². The maximum atomic E-state index is 11.1. The molecule has 2 unspecified atom stereocenters. The molecule has 2 atom stereocenters. The summed E-state index contributed by atoms with van der Waals surface area (Å²) in [4.78, 5) is 9.15. The zero-order chi connectivity index (χ0) is 8.91. The highest BCUT2D eigenvalue weighted by molar-refractivity contribution is 7.52. The van der Waals surface area contributed by atoms with Crippen LogP contribution in [-0.2, 0) is 9.09 Å². The van der Waals surface area contributed by atoms with Crippen molar-refractivity contribution in [3.63, 3.8) is 0 Å². The van der Waals surface area contributed by atoms with Crippen molar-refractivity contribution in [2.45, 2.75) is 39.7 Å². The van der Waals surface area contributed by atoms with Crippen molar-refractivity contribution >= 4 is 7.60 Å². The number of rotatable bonds is 5. The first-order valence-corrected chi connectivity index (χ1v) is 5.78. The van der Waals surface area contributed by atoms with Gasteiger partial charge in [0.1, 0.15) is 0 Å². The van der Waals surface area contributed by atoms with E-state index in [9.17, 15) is 4.57 Å². The summed E-state index contributed by atoms with van der Waals surface area (Å²) in [6.07, 6.45) is 1.60. The van der Waals surface area contributed by atoms with Crippen LogP contribution in [0.5, 0.6) is 0 Å². The van der Waals surface area contributed by atoms with Crippen molar-refractivity contribution in [1.82, 2.24) is 0 Å². The molecular weight excluding hydrogens is 163 g/mol. The average molecular weight is 180 g/mol. The molecule has 0 aliphatic rings. The van der Waals surface area contributed by atoms with Gasteiger partial charge in [-0.15, -0.1) is 0 Å². The van der Waals surface area contributed by atoms with Crippen LogP contribution in [0, 0.1) is 0 Å². The highest BCUT2D eigenvalue weighted by atomic mass is 31.2. The molecule has 0 aromatic heterocycles. The van der Waals surface area contributed by atoms with Crippen LogP contribution >= 0.6 is 7.60 Å². The van der Waals surface area contributed by atoms with Crippen LogP contribution in [0.2, 0.25) is 0 Å². The zero-order valence-electron chi connectivity index (χ0n) is 7.41. The van der Waals surface area contributed by atoms with Crippen molar-refractivity contribution in [2.24, 2.45) is 0 Å². The first kappa shape index (κ1) is 11.2. The molecule has 0 bridgehead atoms. The molecule has 0 spiro atoms. The second-order valence-corrected chi connectivity index (χ2v) is 4.62. The molecular formula is C7H17O3P. The second kappa shape index (κ2) is 4.91. The van der Waals surface area contributed by atoms with Crippen LogP contribution < -0.4 is 0 Å². The smallest absolute Gasteiger partial charge is 0.324 e. The van der Waals surface area contributed by atoms with Crippen LogP contribution in [-0.4, -0.2) is 17.2 Å². The minimum Gasteiger partial charge on any atom is -0.324 e. The molecule has 0 rings (SSSR count). The minimum absolute atomic E-state index is 0.114. The van der Waals surface area contributed by atoms with Crippen LogP contribution in [0.1, 0.15) is 33.6 Å². The quantitative estimate of drug-likeness (QED) is 0.661. The van der Waals surface area contributed by atoms with Crippen LogP contribution in [0.3, 0.4) is 0 Å². The number of hydrogen-bond acceptors (Lipinski definition) is 2. The lowest BCUT2D eigenvalue weighted by molar-refractivity contribution is 0.185. The van der Waals surface area contributed by atoms with E-state index in [1.165, 1.54) is 0 Å². The Balaban J connectivity index is 3.81. The Morgan fingerprint density at radius 3 is 2.45 bits per heavy atom. The van der Waals surface area contributed by atoms with E-state index < -0.39 is 7.60 Å². The molecule has 0 heterocycles. The highest BCUT2D eigenvalue weighted by Gasteiger charge is 2.19. The predicted molar refractivity (Wildman–Crippen MR) is 45.8 cm³/mol. The predicted octanol–water partition coefficient (Wildman–Crippen LogP) is 2.40. The van der Waals surface area contributed by atoms with E-state index in [0.29, 0.717) is 6.42 Å². The maximum absolute atomic E-state index is 11.1. The Morgan fingerprint density at radius 1 is 1.55 bits per heavy atom. The lowest BCUT2D eigenvalue weighted by Crippen LogP contribution is -2.05. The van der Waals surface area contributed by atoms with Gasteiger partial charge in [-0.1, -0.05) is 13.8 Å². The van der Waals surface area contributed by atoms with Crippen molar-refractivity contribution in [3.8, 4) is 0 Å². The molecule has 4 heteroatoms. The summed E-state index contributed by atoms with van der Waals surface area (Å²) in [7, 11) is -3.27. The monoisotopic (exact) mass is 180 g/mol. The van der Waals surface area contributed by atoms with Gasteiger partial charge in [0.15, 0.2) is 0 Å². The van der Waals surface area contributed by atoms with Gasteiger partial charge in [-0.05, 0) is 19.8 Å². The number of hydrogen-bond donors (Lipinski definition) is 1. The second-order valence-electron chi connectivity index (χ2n) is 2.69. The average Bonchev–Trinajstić information content (AvgIpc) is 1.86. The van der Waals surface area contributed by atoms with E-state index in [-0.39, 0.29) is 12.3 Å². The molecule has 0 aromatic rings. The molecule has 0 amide bonds. The first-order chi connectivity index (χ1) is 5.02. The first-order valence-electron chi connectivity index (χ1n) is 4.02. The summed E-state index contributed by atoms with van der Waals surface area (Å²) >= 11 is 0. The Labute approximate surface area is 68.3 Å². The van der Waals surface area contributed by atoms with Gasteiger partial charge >= 0.3 is 7.60 Å². The maximum Gasteiger partial charge on any atom is 0.328 e. The van der Waals surface area contributed by atoms with Crippen LogP contribution in [0.25, 0.3) is 0 Å². The van der Waals surface area contributed by atoms with Gasteiger partial charge in [0, 0.05) is 6.16 Å². The third kappa shape index (κ3) is 5.42. The van der Waals surface area contributed by atoms with E-state index in [2.05, 4.69) is 0 Å². The Hall–Kier alpha value is 0.150. The van der Waals surface area contributed by atoms with Gasteiger partial charge in [-0.2, -0.15) is 0 Å². The molecule has 11 heavy (non-hydrogen) atoms. The fraction of sp³-hybridized carbons (Fsp3) is 1.00. The van der Waals surface area contributed by atoms with E-state index >= 15 is 0 Å². The zero-order valence-corrected chi connectivity index (χ0v) is 8.30. The molecule has 0 aliphatic heterocycles. The lowest BCUT2D eigenvalue weighted by atomic mass is 10.3. The topological polar surface area (TPSA) is 46.5 Å². The standard InChI is InChI=1S/C7H17O3P/c1-4-6-11(8,9)10-7(3)5-2/h7H,4-6H2,1-3H3,(H,8,9). The molecule has 68 valence electrons. The van der Waals surface area contributed by atoms with Crippen molar-refractivity contribution in [1.29, 1.82) is 0 Å². The summed E-state index contributed by atoms with van der Waals surface area (Å²) in [6, 6.07) is 0. The van der Waals surface area contributed by atoms with Gasteiger partial charge < -0.3 is 9.42 Å². The molecule has 0 aliphatic carbocycles. The molecule has 1 N–H and O–H groups in total.